The Hall–Kier alpha value is -3.42. The Labute approximate surface area is 198 Å². The number of phenolic OH excluding ortho intramolecular Hbond substituents is 1. The molecule has 2 aromatic rings. The number of alkyl halides is 6. The summed E-state index contributed by atoms with van der Waals surface area (Å²) < 4.78 is 98.7. The van der Waals surface area contributed by atoms with Crippen molar-refractivity contribution in [1.29, 1.82) is 0 Å². The van der Waals surface area contributed by atoms with Crippen molar-refractivity contribution < 1.29 is 50.2 Å². The minimum Gasteiger partial charge on any atom is -0.508 e. The van der Waals surface area contributed by atoms with Crippen molar-refractivity contribution in [2.45, 2.75) is 49.2 Å². The van der Waals surface area contributed by atoms with Crippen LogP contribution < -0.4 is 10.6 Å². The Morgan fingerprint density at radius 2 is 1.72 bits per heavy atom. The number of aromatic nitrogens is 1. The van der Waals surface area contributed by atoms with Gasteiger partial charge in [-0.05, 0) is 37.1 Å². The monoisotopic (exact) mass is 521 g/mol. The van der Waals surface area contributed by atoms with Gasteiger partial charge in [0, 0.05) is 29.4 Å². The lowest BCUT2D eigenvalue weighted by atomic mass is 9.84. The molecule has 2 fully saturated rings. The lowest BCUT2D eigenvalue weighted by Crippen LogP contribution is -2.52. The van der Waals surface area contributed by atoms with Gasteiger partial charge in [0.2, 0.25) is 5.91 Å². The number of halogens is 7. The van der Waals surface area contributed by atoms with Gasteiger partial charge in [-0.1, -0.05) is 0 Å². The molecule has 36 heavy (non-hydrogen) atoms. The van der Waals surface area contributed by atoms with Gasteiger partial charge in [-0.3, -0.25) is 14.6 Å². The highest BCUT2D eigenvalue weighted by Crippen LogP contribution is 2.53. The van der Waals surface area contributed by atoms with Crippen LogP contribution in [0.5, 0.6) is 5.75 Å². The molecular formula is C22H18F7N3O4. The van der Waals surface area contributed by atoms with Gasteiger partial charge in [-0.25, -0.2) is 4.39 Å². The smallest absolute Gasteiger partial charge is 0.421 e. The first-order chi connectivity index (χ1) is 16.7. The zero-order chi connectivity index (χ0) is 26.5. The molecule has 1 unspecified atom stereocenters. The molecule has 1 atom stereocenters. The lowest BCUT2D eigenvalue weighted by Gasteiger charge is -2.43. The number of pyridine rings is 1. The first-order valence-electron chi connectivity index (χ1n) is 10.6. The number of nitrogens with zero attached hydrogens (tertiary/aromatic N) is 1. The molecule has 1 aromatic heterocycles. The summed E-state index contributed by atoms with van der Waals surface area (Å²) >= 11 is 0. The average molecular weight is 521 g/mol. The molecule has 1 aliphatic heterocycles. The van der Waals surface area contributed by atoms with Crippen molar-refractivity contribution in [3.05, 3.63) is 53.1 Å². The number of phenols is 1. The zero-order valence-electron chi connectivity index (χ0n) is 18.2. The van der Waals surface area contributed by atoms with E-state index in [4.69, 9.17) is 0 Å². The highest BCUT2D eigenvalue weighted by Gasteiger charge is 2.64. The highest BCUT2D eigenvalue weighted by molar-refractivity contribution is 5.96. The fourth-order valence-corrected chi connectivity index (χ4v) is 3.86. The number of carbonyl (C=O) groups excluding carboxylic acids is 2. The van der Waals surface area contributed by atoms with Crippen LogP contribution in [0.15, 0.2) is 30.5 Å². The molecule has 3 N–H and O–H groups in total. The van der Waals surface area contributed by atoms with Crippen LogP contribution in [0.2, 0.25) is 0 Å². The summed E-state index contributed by atoms with van der Waals surface area (Å²) in [4.78, 5) is 28.3. The van der Waals surface area contributed by atoms with Crippen LogP contribution in [0.25, 0.3) is 0 Å². The zero-order valence-corrected chi connectivity index (χ0v) is 18.2. The van der Waals surface area contributed by atoms with Gasteiger partial charge in [0.05, 0.1) is 13.0 Å². The molecule has 1 saturated carbocycles. The molecular weight excluding hydrogens is 503 g/mol. The highest BCUT2D eigenvalue weighted by atomic mass is 19.4. The maximum absolute atomic E-state index is 14.6. The fraction of sp³-hybridized carbons (Fsp3) is 0.409. The van der Waals surface area contributed by atoms with E-state index in [0.29, 0.717) is 12.1 Å². The quantitative estimate of drug-likeness (QED) is 0.497. The van der Waals surface area contributed by atoms with Gasteiger partial charge in [0.15, 0.2) is 5.60 Å². The number of carbonyl (C=O) groups is 2. The third-order valence-corrected chi connectivity index (χ3v) is 6.13. The van der Waals surface area contributed by atoms with E-state index >= 15 is 0 Å². The van der Waals surface area contributed by atoms with E-state index in [9.17, 15) is 45.4 Å². The molecule has 1 aromatic carbocycles. The molecule has 2 heterocycles. The number of aromatic hydroxyl groups is 1. The summed E-state index contributed by atoms with van der Waals surface area (Å²) in [6.07, 6.45) is -10.2. The molecule has 1 saturated heterocycles. The Morgan fingerprint density at radius 3 is 2.25 bits per heavy atom. The van der Waals surface area contributed by atoms with Gasteiger partial charge < -0.3 is 20.5 Å². The third kappa shape index (κ3) is 4.56. The number of benzene rings is 1. The maximum atomic E-state index is 14.6. The summed E-state index contributed by atoms with van der Waals surface area (Å²) in [7, 11) is 0. The van der Waals surface area contributed by atoms with Crippen molar-refractivity contribution in [1.82, 2.24) is 10.3 Å². The summed E-state index contributed by atoms with van der Waals surface area (Å²) in [5.41, 5.74) is -6.83. The summed E-state index contributed by atoms with van der Waals surface area (Å²) in [5.74, 6) is -4.08. The van der Waals surface area contributed by atoms with E-state index < -0.39 is 76.5 Å². The van der Waals surface area contributed by atoms with Gasteiger partial charge in [0.1, 0.15) is 22.8 Å². The van der Waals surface area contributed by atoms with Crippen LogP contribution in [0, 0.1) is 5.82 Å². The molecule has 14 heteroatoms. The van der Waals surface area contributed by atoms with Crippen LogP contribution >= 0.6 is 0 Å². The van der Waals surface area contributed by atoms with Gasteiger partial charge in [-0.15, -0.1) is 0 Å². The molecule has 194 valence electrons. The number of hydrogen-bond donors (Lipinski definition) is 3. The average Bonchev–Trinajstić information content (AvgIpc) is 3.50. The van der Waals surface area contributed by atoms with E-state index in [-0.39, 0.29) is 25.1 Å². The van der Waals surface area contributed by atoms with Crippen molar-refractivity contribution in [3.63, 3.8) is 0 Å². The van der Waals surface area contributed by atoms with Crippen LogP contribution in [-0.2, 0) is 21.6 Å². The Bertz CT molecular complexity index is 1210. The van der Waals surface area contributed by atoms with Crippen molar-refractivity contribution >= 4 is 17.5 Å². The van der Waals surface area contributed by atoms with E-state index in [0.717, 1.165) is 12.3 Å². The van der Waals surface area contributed by atoms with Crippen LogP contribution in [0.1, 0.15) is 40.9 Å². The molecule has 0 bridgehead atoms. The lowest BCUT2D eigenvalue weighted by molar-refractivity contribution is -0.334. The van der Waals surface area contributed by atoms with Crippen molar-refractivity contribution in [2.24, 2.45) is 0 Å². The third-order valence-electron chi connectivity index (χ3n) is 6.13. The number of amides is 2. The van der Waals surface area contributed by atoms with E-state index in [1.54, 1.807) is 0 Å². The predicted octanol–water partition coefficient (Wildman–Crippen LogP) is 4.11. The largest absolute Gasteiger partial charge is 0.508 e. The van der Waals surface area contributed by atoms with E-state index in [1.165, 1.54) is 6.07 Å². The second kappa shape index (κ2) is 8.61. The predicted molar refractivity (Wildman–Crippen MR) is 108 cm³/mol. The van der Waals surface area contributed by atoms with Gasteiger partial charge in [0.25, 0.3) is 5.91 Å². The Morgan fingerprint density at radius 1 is 1.06 bits per heavy atom. The second-order valence-electron chi connectivity index (χ2n) is 8.57. The number of nitrogens with one attached hydrogen (secondary N) is 2. The summed E-state index contributed by atoms with van der Waals surface area (Å²) in [6, 6.07) is 3.39. The molecule has 0 spiro atoms. The number of anilines is 1. The number of rotatable bonds is 6. The SMILES string of the molecule is O=C(Cc1cc(O)c(C2(C(F)(F)F)CCO2)cc1F)Nc1ccnc(C(=O)NC2(C(F)(F)F)CC2)c1. The first-order valence-corrected chi connectivity index (χ1v) is 10.6. The molecule has 4 rings (SSSR count). The minimum absolute atomic E-state index is 0.0443. The number of hydrogen-bond acceptors (Lipinski definition) is 5. The van der Waals surface area contributed by atoms with Crippen LogP contribution in [-0.4, -0.2) is 46.4 Å². The molecule has 0 radical (unpaired) electrons. The number of ether oxygens (including phenoxy) is 1. The van der Waals surface area contributed by atoms with E-state index in [2.05, 4.69) is 15.0 Å². The topological polar surface area (TPSA) is 101 Å². The normalized spacial score (nSPS) is 20.9. The van der Waals surface area contributed by atoms with Crippen molar-refractivity contribution in [2.75, 3.05) is 11.9 Å². The van der Waals surface area contributed by atoms with Gasteiger partial charge in [-0.2, -0.15) is 26.3 Å². The van der Waals surface area contributed by atoms with E-state index in [1.807, 2.05) is 5.32 Å². The molecule has 2 amide bonds. The fourth-order valence-electron chi connectivity index (χ4n) is 3.86. The summed E-state index contributed by atoms with van der Waals surface area (Å²) in [5, 5.41) is 14.3. The van der Waals surface area contributed by atoms with Gasteiger partial charge >= 0.3 is 12.4 Å². The van der Waals surface area contributed by atoms with Crippen LogP contribution in [0.4, 0.5) is 36.4 Å². The van der Waals surface area contributed by atoms with Crippen LogP contribution in [0.3, 0.4) is 0 Å². The summed E-state index contributed by atoms with van der Waals surface area (Å²) in [6.45, 7) is -0.228. The minimum atomic E-state index is -4.90. The molecule has 2 aliphatic rings. The maximum Gasteiger partial charge on any atom is 0.421 e. The Kier molecular flexibility index (Phi) is 6.14. The van der Waals surface area contributed by atoms with Crippen molar-refractivity contribution in [3.8, 4) is 5.75 Å². The molecule has 7 nitrogen and oxygen atoms in total. The first kappa shape index (κ1) is 25.7. The second-order valence-corrected chi connectivity index (χ2v) is 8.57. The molecule has 1 aliphatic carbocycles. The Balaban J connectivity index is 1.45. The standard InChI is InChI=1S/C22H18F7N3O4/c23-14-10-13(20(4-6-36-20)22(27,28)29)16(33)7-11(14)8-17(34)31-12-1-5-30-15(9-12)18(35)32-19(2-3-19)21(24,25)26/h1,5,7,9-10,33H,2-4,6,8H2,(H,32,35)(H,30,31,34).